The van der Waals surface area contributed by atoms with Gasteiger partial charge in [-0.3, -0.25) is 14.4 Å². The van der Waals surface area contributed by atoms with Crippen LogP contribution in [0.3, 0.4) is 0 Å². The Labute approximate surface area is 256 Å². The number of furan rings is 1. The standard InChI is InChI=1S/C32H53N3O6S/c1-6-7-15-26(29(36)21-42-20-25-14-11-16-40-25)33-30(37)27(17-22(2)3)34-31(38)28(18-23(4)5)35-32(39)41-19-24-12-9-8-10-13-24/h11,14,16,22-24,26-28H,6-10,12-13,15,17-21H2,1-5H3,(H,33,37)(H,34,38)(H,35,39). The first-order valence-corrected chi connectivity index (χ1v) is 16.9. The van der Waals surface area contributed by atoms with Crippen molar-refractivity contribution in [3.8, 4) is 0 Å². The lowest BCUT2D eigenvalue weighted by Gasteiger charge is -2.27. The summed E-state index contributed by atoms with van der Waals surface area (Å²) >= 11 is 1.45. The maximum absolute atomic E-state index is 13.5. The van der Waals surface area contributed by atoms with Gasteiger partial charge in [0.1, 0.15) is 17.8 Å². The number of ketones is 1. The molecule has 0 bridgehead atoms. The van der Waals surface area contributed by atoms with E-state index in [0.717, 1.165) is 44.3 Å². The molecule has 3 atom stereocenters. The minimum atomic E-state index is -0.833. The third-order valence-electron chi connectivity index (χ3n) is 7.45. The van der Waals surface area contributed by atoms with Crippen molar-refractivity contribution < 1.29 is 28.3 Å². The zero-order valence-corrected chi connectivity index (χ0v) is 27.1. The number of rotatable bonds is 19. The fourth-order valence-corrected chi connectivity index (χ4v) is 6.02. The van der Waals surface area contributed by atoms with Crippen LogP contribution in [-0.2, 0) is 24.9 Å². The van der Waals surface area contributed by atoms with Gasteiger partial charge in [-0.25, -0.2) is 4.79 Å². The van der Waals surface area contributed by atoms with Crippen LogP contribution < -0.4 is 16.0 Å². The van der Waals surface area contributed by atoms with Crippen molar-refractivity contribution in [3.05, 3.63) is 24.2 Å². The number of carbonyl (C=O) groups is 4. The Balaban J connectivity index is 2.01. The Kier molecular flexibility index (Phi) is 16.7. The summed E-state index contributed by atoms with van der Waals surface area (Å²) in [6.45, 7) is 10.3. The van der Waals surface area contributed by atoms with Crippen molar-refractivity contribution in [1.82, 2.24) is 16.0 Å². The smallest absolute Gasteiger partial charge is 0.407 e. The van der Waals surface area contributed by atoms with Crippen LogP contribution in [0.15, 0.2) is 22.8 Å². The van der Waals surface area contributed by atoms with Crippen molar-refractivity contribution in [1.29, 1.82) is 0 Å². The lowest BCUT2D eigenvalue weighted by atomic mass is 9.90. The monoisotopic (exact) mass is 607 g/mol. The Hall–Kier alpha value is -2.49. The van der Waals surface area contributed by atoms with E-state index in [1.54, 1.807) is 6.26 Å². The molecule has 1 aliphatic carbocycles. The van der Waals surface area contributed by atoms with E-state index in [9.17, 15) is 19.2 Å². The van der Waals surface area contributed by atoms with E-state index in [2.05, 4.69) is 16.0 Å². The first-order chi connectivity index (χ1) is 20.1. The van der Waals surface area contributed by atoms with Crippen molar-refractivity contribution in [2.45, 2.75) is 123 Å². The molecule has 0 saturated heterocycles. The number of carbonyl (C=O) groups excluding carboxylic acids is 4. The van der Waals surface area contributed by atoms with Crippen molar-refractivity contribution in [2.75, 3.05) is 12.4 Å². The van der Waals surface area contributed by atoms with Gasteiger partial charge in [-0.15, -0.1) is 11.8 Å². The highest BCUT2D eigenvalue weighted by Crippen LogP contribution is 2.23. The molecule has 0 aromatic carbocycles. The van der Waals surface area contributed by atoms with Gasteiger partial charge in [0.15, 0.2) is 5.78 Å². The van der Waals surface area contributed by atoms with Gasteiger partial charge in [-0.05, 0) is 62.0 Å². The number of ether oxygens (including phenoxy) is 1. The molecular formula is C32H53N3O6S. The van der Waals surface area contributed by atoms with Gasteiger partial charge in [-0.1, -0.05) is 66.7 Å². The van der Waals surface area contributed by atoms with Crippen molar-refractivity contribution in [2.24, 2.45) is 17.8 Å². The average Bonchev–Trinajstić information content (AvgIpc) is 3.47. The van der Waals surface area contributed by atoms with Gasteiger partial charge in [0, 0.05) is 0 Å². The second-order valence-corrected chi connectivity index (χ2v) is 13.3. The molecule has 0 radical (unpaired) electrons. The molecule has 1 fully saturated rings. The number of alkyl carbamates (subject to hydrolysis) is 1. The molecule has 10 heteroatoms. The van der Waals surface area contributed by atoms with Crippen LogP contribution in [0, 0.1) is 17.8 Å². The number of hydrogen-bond acceptors (Lipinski definition) is 7. The van der Waals surface area contributed by atoms with E-state index in [1.165, 1.54) is 18.2 Å². The molecular weight excluding hydrogens is 554 g/mol. The molecule has 3 N–H and O–H groups in total. The number of thioether (sulfide) groups is 1. The first-order valence-electron chi connectivity index (χ1n) is 15.8. The lowest BCUT2D eigenvalue weighted by molar-refractivity contribution is -0.132. The summed E-state index contributed by atoms with van der Waals surface area (Å²) in [5, 5.41) is 8.55. The predicted octanol–water partition coefficient (Wildman–Crippen LogP) is 6.01. The molecule has 9 nitrogen and oxygen atoms in total. The predicted molar refractivity (Wildman–Crippen MR) is 167 cm³/mol. The second-order valence-electron chi connectivity index (χ2n) is 12.4. The zero-order chi connectivity index (χ0) is 30.9. The van der Waals surface area contributed by atoms with E-state index in [0.29, 0.717) is 37.5 Å². The summed E-state index contributed by atoms with van der Waals surface area (Å²) in [5.74, 6) is 1.38. The van der Waals surface area contributed by atoms with Crippen LogP contribution in [0.5, 0.6) is 0 Å². The number of nitrogens with one attached hydrogen (secondary N) is 3. The maximum Gasteiger partial charge on any atom is 0.407 e. The average molecular weight is 608 g/mol. The molecule has 0 spiro atoms. The molecule has 1 aromatic heterocycles. The summed E-state index contributed by atoms with van der Waals surface area (Å²) in [6, 6.07) is 1.38. The number of hydrogen-bond donors (Lipinski definition) is 3. The molecule has 1 aliphatic rings. The SMILES string of the molecule is CCCCC(NC(=O)C(CC(C)C)NC(=O)C(CC(C)C)NC(=O)OCC1CCCCC1)C(=O)CSCc1ccco1. The minimum absolute atomic E-state index is 0.0527. The Morgan fingerprint density at radius 3 is 2.12 bits per heavy atom. The molecule has 238 valence electrons. The molecule has 0 aliphatic heterocycles. The summed E-state index contributed by atoms with van der Waals surface area (Å²) in [4.78, 5) is 52.6. The molecule has 1 aromatic rings. The summed E-state index contributed by atoms with van der Waals surface area (Å²) < 4.78 is 10.8. The largest absolute Gasteiger partial charge is 0.468 e. The molecule has 42 heavy (non-hydrogen) atoms. The first kappa shape index (κ1) is 35.7. The highest BCUT2D eigenvalue weighted by Gasteiger charge is 2.30. The van der Waals surface area contributed by atoms with Crippen LogP contribution >= 0.6 is 11.8 Å². The van der Waals surface area contributed by atoms with E-state index in [-0.39, 0.29) is 29.3 Å². The summed E-state index contributed by atoms with van der Waals surface area (Å²) in [5.41, 5.74) is 0. The van der Waals surface area contributed by atoms with Crippen LogP contribution in [0.4, 0.5) is 4.79 Å². The number of amides is 3. The lowest BCUT2D eigenvalue weighted by Crippen LogP contribution is -2.56. The van der Waals surface area contributed by atoms with Gasteiger partial charge < -0.3 is 25.1 Å². The fourth-order valence-electron chi connectivity index (χ4n) is 5.15. The van der Waals surface area contributed by atoms with Gasteiger partial charge >= 0.3 is 6.09 Å². The molecule has 3 amide bonds. The number of Topliss-reactive ketones (excluding diaryl/α,β-unsaturated/α-hetero) is 1. The van der Waals surface area contributed by atoms with E-state index >= 15 is 0 Å². The van der Waals surface area contributed by atoms with Crippen LogP contribution in [-0.4, -0.2) is 54.2 Å². The fraction of sp³-hybridized carbons (Fsp3) is 0.750. The van der Waals surface area contributed by atoms with Gasteiger partial charge in [0.05, 0.1) is 30.4 Å². The van der Waals surface area contributed by atoms with Gasteiger partial charge in [-0.2, -0.15) is 0 Å². The molecule has 1 saturated carbocycles. The normalized spacial score (nSPS) is 16.1. The van der Waals surface area contributed by atoms with E-state index in [1.807, 2.05) is 46.8 Å². The third-order valence-corrected chi connectivity index (χ3v) is 8.43. The van der Waals surface area contributed by atoms with Crippen molar-refractivity contribution in [3.63, 3.8) is 0 Å². The second kappa shape index (κ2) is 19.7. The minimum Gasteiger partial charge on any atom is -0.468 e. The zero-order valence-electron chi connectivity index (χ0n) is 26.2. The molecule has 1 heterocycles. The van der Waals surface area contributed by atoms with Gasteiger partial charge in [0.2, 0.25) is 11.8 Å². The Morgan fingerprint density at radius 2 is 1.55 bits per heavy atom. The van der Waals surface area contributed by atoms with E-state index < -0.39 is 30.1 Å². The Bertz CT molecular complexity index is 946. The molecule has 2 rings (SSSR count). The highest BCUT2D eigenvalue weighted by atomic mass is 32.2. The van der Waals surface area contributed by atoms with Crippen LogP contribution in [0.25, 0.3) is 0 Å². The quantitative estimate of drug-likeness (QED) is 0.176. The number of unbranched alkanes of at least 4 members (excludes halogenated alkanes) is 1. The Morgan fingerprint density at radius 1 is 0.929 bits per heavy atom. The maximum atomic E-state index is 13.5. The topological polar surface area (TPSA) is 127 Å². The summed E-state index contributed by atoms with van der Waals surface area (Å²) in [7, 11) is 0. The summed E-state index contributed by atoms with van der Waals surface area (Å²) in [6.07, 6.45) is 9.68. The highest BCUT2D eigenvalue weighted by molar-refractivity contribution is 7.99. The van der Waals surface area contributed by atoms with Crippen molar-refractivity contribution >= 4 is 35.5 Å². The van der Waals surface area contributed by atoms with Crippen LogP contribution in [0.1, 0.15) is 105 Å². The van der Waals surface area contributed by atoms with Gasteiger partial charge in [0.25, 0.3) is 0 Å². The molecule has 3 unspecified atom stereocenters. The van der Waals surface area contributed by atoms with E-state index in [4.69, 9.17) is 9.15 Å². The third kappa shape index (κ3) is 14.1. The van der Waals surface area contributed by atoms with Crippen LogP contribution in [0.2, 0.25) is 0 Å².